The number of ether oxygens (including phenoxy) is 10. The Morgan fingerprint density at radius 2 is 0.838 bits per heavy atom. The zero-order valence-corrected chi connectivity index (χ0v) is 36.9. The molecule has 68 heavy (non-hydrogen) atoms. The topological polar surface area (TPSA) is 195 Å². The van der Waals surface area contributed by atoms with E-state index >= 15 is 0 Å². The summed E-state index contributed by atoms with van der Waals surface area (Å²) in [6.45, 7) is 5.59. The molecule has 5 aromatic carbocycles. The molecule has 2 heterocycles. The third kappa shape index (κ3) is 12.3. The van der Waals surface area contributed by atoms with Gasteiger partial charge >= 0.3 is 35.8 Å². The first-order valence-electron chi connectivity index (χ1n) is 21.6. The van der Waals surface area contributed by atoms with Crippen LogP contribution in [-0.2, 0) is 52.2 Å². The van der Waals surface area contributed by atoms with E-state index in [1.54, 1.807) is 91.0 Å². The zero-order chi connectivity index (χ0) is 48.0. The molecule has 7 rings (SSSR count). The third-order valence-corrected chi connectivity index (χ3v) is 10.7. The van der Waals surface area contributed by atoms with E-state index < -0.39 is 104 Å². The minimum Gasteiger partial charge on any atom is -0.459 e. The van der Waals surface area contributed by atoms with Crippen molar-refractivity contribution in [1.82, 2.24) is 0 Å². The standard InChI is InChI=1S/C52H48O16/c1-4-30-59-51-44(67-50(58)38-28-18-9-19-29-38)43(66-49(57)37-26-16-8-17-27-37)41(39(63-51)31-60-46(54)34-20-10-5-11-21-34)68-52-45(62-33(3)53)42(65-48(56)36-24-14-7-15-25-36)40(32(2)61-52)64-47(55)35-22-12-6-13-23-35/h4-29,32,39-45,51-52H,1,30-31H2,2-3H3/t32-,39+,40-,41+,42+,43-,44-,45+,51-,52-/m0/s1. The fraction of sp³-hybridized carbons (Fsp3) is 0.269. The summed E-state index contributed by atoms with van der Waals surface area (Å²) in [5.41, 5.74) is 0.687. The molecule has 5 aromatic rings. The van der Waals surface area contributed by atoms with Gasteiger partial charge in [-0.2, -0.15) is 0 Å². The van der Waals surface area contributed by atoms with Crippen molar-refractivity contribution in [3.8, 4) is 0 Å². The molecule has 16 nitrogen and oxygen atoms in total. The summed E-state index contributed by atoms with van der Waals surface area (Å²) in [4.78, 5) is 82.1. The largest absolute Gasteiger partial charge is 0.459 e. The maximum atomic E-state index is 14.2. The molecule has 2 aliphatic rings. The highest BCUT2D eigenvalue weighted by molar-refractivity contribution is 5.92. The second-order valence-corrected chi connectivity index (χ2v) is 15.5. The molecule has 0 bridgehead atoms. The van der Waals surface area contributed by atoms with E-state index in [9.17, 15) is 28.8 Å². The van der Waals surface area contributed by atoms with Crippen LogP contribution in [-0.4, -0.2) is 110 Å². The van der Waals surface area contributed by atoms with Crippen LogP contribution < -0.4 is 0 Å². The molecule has 16 heteroatoms. The highest BCUT2D eigenvalue weighted by atomic mass is 16.8. The van der Waals surface area contributed by atoms with Gasteiger partial charge in [-0.15, -0.1) is 6.58 Å². The third-order valence-electron chi connectivity index (χ3n) is 10.7. The summed E-state index contributed by atoms with van der Waals surface area (Å²) in [6.07, 6.45) is -14.2. The molecule has 0 aliphatic carbocycles. The highest BCUT2D eigenvalue weighted by Crippen LogP contribution is 2.36. The number of carbonyl (C=O) groups is 6. The molecule has 10 atom stereocenters. The van der Waals surface area contributed by atoms with Crippen LogP contribution in [0.3, 0.4) is 0 Å². The average molecular weight is 929 g/mol. The molecule has 2 fully saturated rings. The second kappa shape index (κ2) is 23.3. The Morgan fingerprint density at radius 1 is 0.471 bits per heavy atom. The first-order chi connectivity index (χ1) is 33.0. The summed E-state index contributed by atoms with van der Waals surface area (Å²) in [5, 5.41) is 0. The van der Waals surface area contributed by atoms with Gasteiger partial charge in [0.15, 0.2) is 43.1 Å². The maximum absolute atomic E-state index is 14.2. The molecule has 2 saturated heterocycles. The van der Waals surface area contributed by atoms with E-state index in [0.29, 0.717) is 0 Å². The van der Waals surface area contributed by atoms with E-state index in [0.717, 1.165) is 6.92 Å². The van der Waals surface area contributed by atoms with Gasteiger partial charge < -0.3 is 47.4 Å². The van der Waals surface area contributed by atoms with Crippen LogP contribution in [0.4, 0.5) is 0 Å². The van der Waals surface area contributed by atoms with Crippen molar-refractivity contribution in [3.05, 3.63) is 192 Å². The van der Waals surface area contributed by atoms with Crippen molar-refractivity contribution in [2.45, 2.75) is 75.3 Å². The number of carbonyl (C=O) groups excluding carboxylic acids is 6. The predicted molar refractivity (Wildman–Crippen MR) is 239 cm³/mol. The van der Waals surface area contributed by atoms with Gasteiger partial charge in [0.25, 0.3) is 0 Å². The molecule has 0 amide bonds. The molecule has 0 radical (unpaired) electrons. The SMILES string of the molecule is C=CCO[C@H]1O[C@H](COC(=O)c2ccccc2)[C@@H](O[C@@H]2O[C@@H](C)[C@H](OC(=O)c3ccccc3)[C@@H](OC(=O)c3ccccc3)[C@H]2OC(C)=O)[C@H](OC(=O)c2ccccc2)[C@@H]1OC(=O)c1ccccc1. The van der Waals surface area contributed by atoms with Gasteiger partial charge in [-0.3, -0.25) is 4.79 Å². The molecule has 0 unspecified atom stereocenters. The van der Waals surface area contributed by atoms with Crippen molar-refractivity contribution in [3.63, 3.8) is 0 Å². The van der Waals surface area contributed by atoms with Gasteiger partial charge in [0.2, 0.25) is 0 Å². The van der Waals surface area contributed by atoms with Crippen LogP contribution in [0.15, 0.2) is 164 Å². The molecular formula is C52H48O16. The van der Waals surface area contributed by atoms with Crippen LogP contribution in [0.1, 0.15) is 65.6 Å². The van der Waals surface area contributed by atoms with E-state index in [4.69, 9.17) is 47.4 Å². The molecule has 0 spiro atoms. The van der Waals surface area contributed by atoms with E-state index in [-0.39, 0.29) is 34.4 Å². The Hall–Kier alpha value is -7.50. The lowest BCUT2D eigenvalue weighted by atomic mass is 9.96. The van der Waals surface area contributed by atoms with Crippen LogP contribution in [0.5, 0.6) is 0 Å². The van der Waals surface area contributed by atoms with Crippen LogP contribution in [0.25, 0.3) is 0 Å². The predicted octanol–water partition coefficient (Wildman–Crippen LogP) is 6.74. The fourth-order valence-electron chi connectivity index (χ4n) is 7.46. The lowest BCUT2D eigenvalue weighted by molar-refractivity contribution is -0.353. The minimum absolute atomic E-state index is 0.0952. The van der Waals surface area contributed by atoms with Gasteiger partial charge in [0.1, 0.15) is 18.8 Å². The Morgan fingerprint density at radius 3 is 1.25 bits per heavy atom. The molecule has 2 aliphatic heterocycles. The van der Waals surface area contributed by atoms with Gasteiger partial charge in [-0.1, -0.05) is 97.1 Å². The number of benzene rings is 5. The molecular weight excluding hydrogens is 881 g/mol. The Balaban J connectivity index is 1.32. The fourth-order valence-corrected chi connectivity index (χ4v) is 7.46. The smallest absolute Gasteiger partial charge is 0.338 e. The van der Waals surface area contributed by atoms with Gasteiger partial charge in [0.05, 0.1) is 40.5 Å². The van der Waals surface area contributed by atoms with Crippen molar-refractivity contribution in [2.24, 2.45) is 0 Å². The van der Waals surface area contributed by atoms with E-state index in [1.165, 1.54) is 73.7 Å². The number of hydrogen-bond acceptors (Lipinski definition) is 16. The monoisotopic (exact) mass is 928 g/mol. The first-order valence-corrected chi connectivity index (χ1v) is 21.6. The molecule has 352 valence electrons. The number of rotatable bonds is 17. The first kappa shape index (κ1) is 48.4. The van der Waals surface area contributed by atoms with Crippen molar-refractivity contribution in [1.29, 1.82) is 0 Å². The molecule has 0 N–H and O–H groups in total. The lowest BCUT2D eigenvalue weighted by Gasteiger charge is -2.48. The highest BCUT2D eigenvalue weighted by Gasteiger charge is 2.57. The quantitative estimate of drug-likeness (QED) is 0.0540. The normalized spacial score (nSPS) is 24.3. The van der Waals surface area contributed by atoms with Crippen molar-refractivity contribution in [2.75, 3.05) is 13.2 Å². The van der Waals surface area contributed by atoms with E-state index in [2.05, 4.69) is 6.58 Å². The second-order valence-electron chi connectivity index (χ2n) is 15.5. The van der Waals surface area contributed by atoms with Gasteiger partial charge in [-0.25, -0.2) is 24.0 Å². The Kier molecular flexibility index (Phi) is 16.6. The summed E-state index contributed by atoms with van der Waals surface area (Å²) >= 11 is 0. The minimum atomic E-state index is -1.76. The summed E-state index contributed by atoms with van der Waals surface area (Å²) in [7, 11) is 0. The lowest BCUT2D eigenvalue weighted by Crippen LogP contribution is -2.66. The van der Waals surface area contributed by atoms with Crippen molar-refractivity contribution < 1.29 is 76.1 Å². The molecule has 0 saturated carbocycles. The van der Waals surface area contributed by atoms with E-state index in [1.807, 2.05) is 0 Å². The van der Waals surface area contributed by atoms with Gasteiger partial charge in [-0.05, 0) is 67.6 Å². The number of hydrogen-bond donors (Lipinski definition) is 0. The van der Waals surface area contributed by atoms with Crippen LogP contribution in [0, 0.1) is 0 Å². The average Bonchev–Trinajstić information content (AvgIpc) is 3.37. The van der Waals surface area contributed by atoms with Gasteiger partial charge in [0, 0.05) is 6.92 Å². The van der Waals surface area contributed by atoms with Crippen LogP contribution in [0.2, 0.25) is 0 Å². The Labute approximate surface area is 391 Å². The maximum Gasteiger partial charge on any atom is 0.338 e. The zero-order valence-electron chi connectivity index (χ0n) is 36.9. The summed E-state index contributed by atoms with van der Waals surface area (Å²) in [6, 6.07) is 39.9. The summed E-state index contributed by atoms with van der Waals surface area (Å²) < 4.78 is 61.7. The van der Waals surface area contributed by atoms with Crippen molar-refractivity contribution >= 4 is 35.8 Å². The number of esters is 6. The molecule has 0 aromatic heterocycles. The Bertz CT molecular complexity index is 2490. The summed E-state index contributed by atoms with van der Waals surface area (Å²) in [5.74, 6) is -5.10. The van der Waals surface area contributed by atoms with Crippen LogP contribution >= 0.6 is 0 Å².